The Morgan fingerprint density at radius 3 is 2.50 bits per heavy atom. The van der Waals surface area contributed by atoms with Gasteiger partial charge in [-0.1, -0.05) is 36.4 Å². The molecule has 4 N–H and O–H groups in total. The summed E-state index contributed by atoms with van der Waals surface area (Å²) < 4.78 is 5.72. The van der Waals surface area contributed by atoms with E-state index in [2.05, 4.69) is 16.7 Å². The smallest absolute Gasteiger partial charge is 0.317 e. The first-order valence-corrected chi connectivity index (χ1v) is 8.00. The van der Waals surface area contributed by atoms with Gasteiger partial charge in [0.15, 0.2) is 6.73 Å². The number of rotatable bonds is 6. The SMILES string of the molecule is Cc1ccc(C)c(OCNC(=O)NCc2cccc(CN)c2)c1C. The van der Waals surface area contributed by atoms with Gasteiger partial charge < -0.3 is 21.1 Å². The third-order valence-corrected chi connectivity index (χ3v) is 4.00. The minimum atomic E-state index is -0.267. The maximum Gasteiger partial charge on any atom is 0.317 e. The van der Waals surface area contributed by atoms with Crippen molar-refractivity contribution in [3.8, 4) is 5.75 Å². The zero-order valence-corrected chi connectivity index (χ0v) is 14.5. The molecular formula is C19H25N3O2. The van der Waals surface area contributed by atoms with Crippen molar-refractivity contribution in [1.82, 2.24) is 10.6 Å². The molecule has 0 aliphatic carbocycles. The second-order valence-corrected chi connectivity index (χ2v) is 5.83. The summed E-state index contributed by atoms with van der Waals surface area (Å²) in [6.07, 6.45) is 0. The molecule has 0 aliphatic rings. The highest BCUT2D eigenvalue weighted by Crippen LogP contribution is 2.25. The topological polar surface area (TPSA) is 76.4 Å². The summed E-state index contributed by atoms with van der Waals surface area (Å²) in [6.45, 7) is 7.11. The zero-order chi connectivity index (χ0) is 17.5. The van der Waals surface area contributed by atoms with Crippen molar-refractivity contribution in [2.24, 2.45) is 5.73 Å². The number of amides is 2. The number of ether oxygens (including phenoxy) is 1. The van der Waals surface area contributed by atoms with Gasteiger partial charge in [-0.2, -0.15) is 0 Å². The van der Waals surface area contributed by atoms with E-state index >= 15 is 0 Å². The van der Waals surface area contributed by atoms with Gasteiger partial charge in [0.2, 0.25) is 0 Å². The van der Waals surface area contributed by atoms with Crippen LogP contribution >= 0.6 is 0 Å². The van der Waals surface area contributed by atoms with Crippen LogP contribution in [0, 0.1) is 20.8 Å². The molecule has 0 heterocycles. The van der Waals surface area contributed by atoms with E-state index in [1.165, 1.54) is 5.56 Å². The molecule has 0 saturated carbocycles. The van der Waals surface area contributed by atoms with Crippen LogP contribution in [0.1, 0.15) is 27.8 Å². The lowest BCUT2D eigenvalue weighted by molar-refractivity contribution is 0.223. The number of nitrogens with two attached hydrogens (primary N) is 1. The predicted molar refractivity (Wildman–Crippen MR) is 95.9 cm³/mol. The quantitative estimate of drug-likeness (QED) is 0.714. The van der Waals surface area contributed by atoms with Gasteiger partial charge in [-0.05, 0) is 48.6 Å². The van der Waals surface area contributed by atoms with Crippen molar-refractivity contribution < 1.29 is 9.53 Å². The number of hydrogen-bond donors (Lipinski definition) is 3. The minimum Gasteiger partial charge on any atom is -0.473 e. The summed E-state index contributed by atoms with van der Waals surface area (Å²) in [7, 11) is 0. The summed E-state index contributed by atoms with van der Waals surface area (Å²) in [5.74, 6) is 0.825. The standard InChI is InChI=1S/C19H25N3O2/c1-13-7-8-14(2)18(15(13)3)24-12-22-19(23)21-11-17-6-4-5-16(9-17)10-20/h4-9H,10-12,20H2,1-3H3,(H2,21,22,23). The molecule has 2 aromatic rings. The molecule has 5 nitrogen and oxygen atoms in total. The predicted octanol–water partition coefficient (Wildman–Crippen LogP) is 2.91. The average molecular weight is 327 g/mol. The average Bonchev–Trinajstić information content (AvgIpc) is 2.59. The Morgan fingerprint density at radius 1 is 1.04 bits per heavy atom. The first kappa shape index (κ1) is 17.8. The lowest BCUT2D eigenvalue weighted by Crippen LogP contribution is -2.37. The third-order valence-electron chi connectivity index (χ3n) is 4.00. The van der Waals surface area contributed by atoms with E-state index < -0.39 is 0 Å². The second kappa shape index (κ2) is 8.36. The monoisotopic (exact) mass is 327 g/mol. The molecule has 2 rings (SSSR count). The molecule has 0 aromatic heterocycles. The number of urea groups is 1. The normalized spacial score (nSPS) is 10.3. The van der Waals surface area contributed by atoms with Crippen molar-refractivity contribution in [2.75, 3.05) is 6.73 Å². The Morgan fingerprint density at radius 2 is 1.75 bits per heavy atom. The number of nitrogens with one attached hydrogen (secondary N) is 2. The highest BCUT2D eigenvalue weighted by molar-refractivity contribution is 5.73. The summed E-state index contributed by atoms with van der Waals surface area (Å²) in [6, 6.07) is 11.6. The van der Waals surface area contributed by atoms with Gasteiger partial charge in [0, 0.05) is 13.1 Å². The van der Waals surface area contributed by atoms with Crippen LogP contribution < -0.4 is 21.1 Å². The number of carbonyl (C=O) groups excluding carboxylic acids is 1. The molecule has 0 aliphatic heterocycles. The van der Waals surface area contributed by atoms with Crippen LogP contribution in [-0.2, 0) is 13.1 Å². The fraction of sp³-hybridized carbons (Fsp3) is 0.316. The molecule has 0 spiro atoms. The summed E-state index contributed by atoms with van der Waals surface area (Å²) >= 11 is 0. The van der Waals surface area contributed by atoms with E-state index in [9.17, 15) is 4.79 Å². The molecule has 128 valence electrons. The molecule has 0 saturated heterocycles. The van der Waals surface area contributed by atoms with Crippen molar-refractivity contribution in [1.29, 1.82) is 0 Å². The lowest BCUT2D eigenvalue weighted by atomic mass is 10.1. The Labute approximate surface area is 143 Å². The van der Waals surface area contributed by atoms with Gasteiger partial charge in [-0.25, -0.2) is 4.79 Å². The molecule has 0 unspecified atom stereocenters. The van der Waals surface area contributed by atoms with E-state index in [4.69, 9.17) is 10.5 Å². The molecule has 0 radical (unpaired) electrons. The van der Waals surface area contributed by atoms with Crippen LogP contribution in [-0.4, -0.2) is 12.8 Å². The van der Waals surface area contributed by atoms with Gasteiger partial charge in [0.1, 0.15) is 5.75 Å². The number of aryl methyl sites for hydroxylation is 2. The summed E-state index contributed by atoms with van der Waals surface area (Å²) in [5, 5.41) is 5.51. The molecular weight excluding hydrogens is 302 g/mol. The van der Waals surface area contributed by atoms with Crippen LogP contribution in [0.5, 0.6) is 5.75 Å². The van der Waals surface area contributed by atoms with Gasteiger partial charge >= 0.3 is 6.03 Å². The van der Waals surface area contributed by atoms with Gasteiger partial charge in [0.05, 0.1) is 0 Å². The largest absolute Gasteiger partial charge is 0.473 e. The molecule has 0 fully saturated rings. The fourth-order valence-electron chi connectivity index (χ4n) is 2.43. The van der Waals surface area contributed by atoms with Crippen LogP contribution in [0.3, 0.4) is 0 Å². The summed E-state index contributed by atoms with van der Waals surface area (Å²) in [5.41, 5.74) is 11.0. The minimum absolute atomic E-state index is 0.125. The van der Waals surface area contributed by atoms with E-state index in [1.807, 2.05) is 51.1 Å². The Hall–Kier alpha value is -2.53. The van der Waals surface area contributed by atoms with Crippen LogP contribution in [0.15, 0.2) is 36.4 Å². The van der Waals surface area contributed by atoms with Crippen LogP contribution in [0.4, 0.5) is 4.79 Å². The molecule has 0 atom stereocenters. The Bertz CT molecular complexity index is 714. The maximum atomic E-state index is 11.9. The van der Waals surface area contributed by atoms with E-state index in [0.29, 0.717) is 13.1 Å². The first-order valence-electron chi connectivity index (χ1n) is 8.00. The molecule has 5 heteroatoms. The maximum absolute atomic E-state index is 11.9. The number of carbonyl (C=O) groups is 1. The van der Waals surface area contributed by atoms with E-state index in [1.54, 1.807) is 0 Å². The van der Waals surface area contributed by atoms with E-state index in [0.717, 1.165) is 28.0 Å². The van der Waals surface area contributed by atoms with Crippen molar-refractivity contribution in [3.05, 3.63) is 64.2 Å². The van der Waals surface area contributed by atoms with Gasteiger partial charge in [-0.3, -0.25) is 0 Å². The Balaban J connectivity index is 1.80. The fourth-order valence-corrected chi connectivity index (χ4v) is 2.43. The number of hydrogen-bond acceptors (Lipinski definition) is 3. The highest BCUT2D eigenvalue weighted by atomic mass is 16.5. The van der Waals surface area contributed by atoms with Crippen molar-refractivity contribution >= 4 is 6.03 Å². The van der Waals surface area contributed by atoms with Gasteiger partial charge in [0.25, 0.3) is 0 Å². The summed E-state index contributed by atoms with van der Waals surface area (Å²) in [4.78, 5) is 11.9. The second-order valence-electron chi connectivity index (χ2n) is 5.83. The van der Waals surface area contributed by atoms with Crippen LogP contribution in [0.25, 0.3) is 0 Å². The highest BCUT2D eigenvalue weighted by Gasteiger charge is 2.07. The van der Waals surface area contributed by atoms with Crippen LogP contribution in [0.2, 0.25) is 0 Å². The van der Waals surface area contributed by atoms with Gasteiger partial charge in [-0.15, -0.1) is 0 Å². The first-order chi connectivity index (χ1) is 11.5. The Kier molecular flexibility index (Phi) is 6.21. The molecule has 24 heavy (non-hydrogen) atoms. The zero-order valence-electron chi connectivity index (χ0n) is 14.5. The molecule has 2 aromatic carbocycles. The van der Waals surface area contributed by atoms with Crippen molar-refractivity contribution in [2.45, 2.75) is 33.9 Å². The van der Waals surface area contributed by atoms with E-state index in [-0.39, 0.29) is 12.8 Å². The van der Waals surface area contributed by atoms with Crippen molar-refractivity contribution in [3.63, 3.8) is 0 Å². The third kappa shape index (κ3) is 4.73. The molecule has 2 amide bonds. The molecule has 0 bridgehead atoms. The number of benzene rings is 2. The lowest BCUT2D eigenvalue weighted by Gasteiger charge is -2.15.